The lowest BCUT2D eigenvalue weighted by Gasteiger charge is -2.03. The van der Waals surface area contributed by atoms with Crippen molar-refractivity contribution < 1.29 is 13.6 Å². The minimum atomic E-state index is -0.336. The summed E-state index contributed by atoms with van der Waals surface area (Å²) in [6.45, 7) is 4.82. The summed E-state index contributed by atoms with van der Waals surface area (Å²) in [6, 6.07) is 14.9. The quantitative estimate of drug-likeness (QED) is 0.402. The van der Waals surface area contributed by atoms with Crippen LogP contribution in [0.25, 0.3) is 22.4 Å². The second-order valence-electron chi connectivity index (χ2n) is 6.51. The van der Waals surface area contributed by atoms with Gasteiger partial charge >= 0.3 is 0 Å². The standard InChI is InChI=1S/C22H19FN4O2/c1-3-27-14(2)25-19-12-16(6-10-20(19)27)22(28)26-24-13-18-9-11-21(29-18)15-4-7-17(23)8-5-15/h4-13H,3H2,1-2H3,(H,26,28)/b24-13-. The van der Waals surface area contributed by atoms with Crippen LogP contribution in [0.15, 0.2) is 64.1 Å². The maximum Gasteiger partial charge on any atom is 0.271 e. The van der Waals surface area contributed by atoms with E-state index in [1.807, 2.05) is 13.0 Å². The van der Waals surface area contributed by atoms with Crippen LogP contribution in [0.4, 0.5) is 4.39 Å². The van der Waals surface area contributed by atoms with Crippen LogP contribution < -0.4 is 5.43 Å². The van der Waals surface area contributed by atoms with Gasteiger partial charge in [0, 0.05) is 17.7 Å². The van der Waals surface area contributed by atoms with Gasteiger partial charge in [0.15, 0.2) is 0 Å². The number of imidazole rings is 1. The Morgan fingerprint density at radius 1 is 1.21 bits per heavy atom. The Labute approximate surface area is 166 Å². The summed E-state index contributed by atoms with van der Waals surface area (Å²) in [4.78, 5) is 16.9. The van der Waals surface area contributed by atoms with E-state index >= 15 is 0 Å². The number of hydrazone groups is 1. The summed E-state index contributed by atoms with van der Waals surface area (Å²) in [6.07, 6.45) is 1.42. The number of carbonyl (C=O) groups excluding carboxylic acids is 1. The summed E-state index contributed by atoms with van der Waals surface area (Å²) >= 11 is 0. The van der Waals surface area contributed by atoms with Crippen molar-refractivity contribution in [2.24, 2.45) is 5.10 Å². The SMILES string of the molecule is CCn1c(C)nc2cc(C(=O)N/N=C\c3ccc(-c4ccc(F)cc4)o3)ccc21. The van der Waals surface area contributed by atoms with Gasteiger partial charge in [-0.1, -0.05) is 0 Å². The van der Waals surface area contributed by atoms with Crippen molar-refractivity contribution in [1.29, 1.82) is 0 Å². The largest absolute Gasteiger partial charge is 0.455 e. The van der Waals surface area contributed by atoms with Crippen LogP contribution in [-0.2, 0) is 6.54 Å². The Balaban J connectivity index is 1.45. The molecule has 0 saturated carbocycles. The molecule has 29 heavy (non-hydrogen) atoms. The molecule has 0 aliphatic carbocycles. The molecule has 2 aromatic heterocycles. The number of rotatable bonds is 5. The van der Waals surface area contributed by atoms with Crippen LogP contribution in [0.1, 0.15) is 28.9 Å². The fourth-order valence-corrected chi connectivity index (χ4v) is 3.20. The lowest BCUT2D eigenvalue weighted by molar-refractivity contribution is 0.0955. The number of fused-ring (bicyclic) bond motifs is 1. The maximum absolute atomic E-state index is 13.0. The molecular formula is C22H19FN4O2. The Morgan fingerprint density at radius 2 is 2.00 bits per heavy atom. The number of carbonyl (C=O) groups is 1. The first kappa shape index (κ1) is 18.6. The Bertz CT molecular complexity index is 1210. The van der Waals surface area contributed by atoms with Crippen LogP contribution in [0.5, 0.6) is 0 Å². The van der Waals surface area contributed by atoms with Crippen LogP contribution in [-0.4, -0.2) is 21.7 Å². The van der Waals surface area contributed by atoms with Gasteiger partial charge in [-0.3, -0.25) is 4.79 Å². The summed E-state index contributed by atoms with van der Waals surface area (Å²) in [5, 5.41) is 3.95. The molecule has 4 aromatic rings. The number of amides is 1. The molecule has 0 atom stereocenters. The number of hydrogen-bond donors (Lipinski definition) is 1. The fourth-order valence-electron chi connectivity index (χ4n) is 3.20. The highest BCUT2D eigenvalue weighted by molar-refractivity contribution is 5.97. The summed E-state index contributed by atoms with van der Waals surface area (Å²) < 4.78 is 20.8. The van der Waals surface area contributed by atoms with Gasteiger partial charge in [0.05, 0.1) is 17.2 Å². The second kappa shape index (κ2) is 7.71. The molecule has 0 aliphatic heterocycles. The summed E-state index contributed by atoms with van der Waals surface area (Å²) in [5.41, 5.74) is 5.49. The molecule has 0 fully saturated rings. The highest BCUT2D eigenvalue weighted by Crippen LogP contribution is 2.22. The number of benzene rings is 2. The van der Waals surface area contributed by atoms with Crippen LogP contribution >= 0.6 is 0 Å². The zero-order valence-electron chi connectivity index (χ0n) is 16.0. The van der Waals surface area contributed by atoms with Gasteiger partial charge in [0.25, 0.3) is 5.91 Å². The van der Waals surface area contributed by atoms with Gasteiger partial charge in [-0.15, -0.1) is 0 Å². The number of hydrogen-bond acceptors (Lipinski definition) is 4. The first-order chi connectivity index (χ1) is 14.0. The Kier molecular flexibility index (Phi) is 4.95. The van der Waals surface area contributed by atoms with E-state index in [0.717, 1.165) is 29.0 Å². The van der Waals surface area contributed by atoms with E-state index in [1.54, 1.807) is 36.4 Å². The molecule has 1 N–H and O–H groups in total. The van der Waals surface area contributed by atoms with E-state index in [0.29, 0.717) is 17.1 Å². The average molecular weight is 390 g/mol. The van der Waals surface area contributed by atoms with Gasteiger partial charge in [0.2, 0.25) is 0 Å². The van der Waals surface area contributed by atoms with Crippen LogP contribution in [0.3, 0.4) is 0 Å². The monoisotopic (exact) mass is 390 g/mol. The molecule has 7 heteroatoms. The van der Waals surface area contributed by atoms with Gasteiger partial charge in [-0.25, -0.2) is 14.8 Å². The predicted molar refractivity (Wildman–Crippen MR) is 109 cm³/mol. The molecule has 1 amide bonds. The number of furan rings is 1. The molecule has 0 saturated heterocycles. The van der Waals surface area contributed by atoms with Crippen molar-refractivity contribution in [2.75, 3.05) is 0 Å². The third kappa shape index (κ3) is 3.80. The number of nitrogens with one attached hydrogen (secondary N) is 1. The number of halogens is 1. The highest BCUT2D eigenvalue weighted by atomic mass is 19.1. The van der Waals surface area contributed by atoms with Gasteiger partial charge in [0.1, 0.15) is 23.2 Å². The molecule has 0 radical (unpaired) electrons. The normalized spacial score (nSPS) is 11.4. The van der Waals surface area contributed by atoms with Crippen molar-refractivity contribution in [2.45, 2.75) is 20.4 Å². The number of nitrogens with zero attached hydrogens (tertiary/aromatic N) is 3. The van der Waals surface area contributed by atoms with Crippen molar-refractivity contribution in [3.8, 4) is 11.3 Å². The van der Waals surface area contributed by atoms with Crippen molar-refractivity contribution in [1.82, 2.24) is 15.0 Å². The van der Waals surface area contributed by atoms with Crippen LogP contribution in [0.2, 0.25) is 0 Å². The number of aryl methyl sites for hydroxylation is 2. The first-order valence-corrected chi connectivity index (χ1v) is 9.21. The molecule has 146 valence electrons. The van der Waals surface area contributed by atoms with E-state index in [2.05, 4.69) is 27.0 Å². The van der Waals surface area contributed by atoms with E-state index in [4.69, 9.17) is 4.42 Å². The van der Waals surface area contributed by atoms with Gasteiger partial charge in [-0.2, -0.15) is 5.10 Å². The molecule has 6 nitrogen and oxygen atoms in total. The third-order valence-corrected chi connectivity index (χ3v) is 4.63. The Morgan fingerprint density at radius 3 is 2.76 bits per heavy atom. The highest BCUT2D eigenvalue weighted by Gasteiger charge is 2.10. The van der Waals surface area contributed by atoms with E-state index < -0.39 is 0 Å². The minimum absolute atomic E-state index is 0.306. The molecular weight excluding hydrogens is 371 g/mol. The smallest absolute Gasteiger partial charge is 0.271 e. The van der Waals surface area contributed by atoms with Gasteiger partial charge in [-0.05, 0) is 68.4 Å². The van der Waals surface area contributed by atoms with Crippen LogP contribution in [0, 0.1) is 12.7 Å². The second-order valence-corrected chi connectivity index (χ2v) is 6.51. The zero-order valence-corrected chi connectivity index (χ0v) is 16.0. The number of aromatic nitrogens is 2. The molecule has 0 spiro atoms. The van der Waals surface area contributed by atoms with Gasteiger partial charge < -0.3 is 8.98 Å². The average Bonchev–Trinajstić information content (AvgIpc) is 3.31. The van der Waals surface area contributed by atoms with E-state index in [1.165, 1.54) is 18.3 Å². The van der Waals surface area contributed by atoms with E-state index in [9.17, 15) is 9.18 Å². The molecule has 0 aliphatic rings. The van der Waals surface area contributed by atoms with Crippen molar-refractivity contribution in [3.05, 3.63) is 77.6 Å². The summed E-state index contributed by atoms with van der Waals surface area (Å²) in [7, 11) is 0. The third-order valence-electron chi connectivity index (χ3n) is 4.63. The van der Waals surface area contributed by atoms with E-state index in [-0.39, 0.29) is 11.7 Å². The summed E-state index contributed by atoms with van der Waals surface area (Å²) in [5.74, 6) is 1.33. The van der Waals surface area contributed by atoms with Crippen molar-refractivity contribution in [3.63, 3.8) is 0 Å². The molecule has 0 unspecified atom stereocenters. The first-order valence-electron chi connectivity index (χ1n) is 9.21. The fraction of sp³-hybridized carbons (Fsp3) is 0.136. The lowest BCUT2D eigenvalue weighted by Crippen LogP contribution is -2.17. The lowest BCUT2D eigenvalue weighted by atomic mass is 10.2. The minimum Gasteiger partial charge on any atom is -0.455 e. The maximum atomic E-state index is 13.0. The molecule has 4 rings (SSSR count). The molecule has 2 aromatic carbocycles. The van der Waals surface area contributed by atoms with Crippen molar-refractivity contribution >= 4 is 23.2 Å². The molecule has 2 heterocycles. The molecule has 0 bridgehead atoms. The topological polar surface area (TPSA) is 72.4 Å². The zero-order chi connectivity index (χ0) is 20.4. The Hall–Kier alpha value is -3.74. The predicted octanol–water partition coefficient (Wildman–Crippen LogP) is 4.53.